The van der Waals surface area contributed by atoms with Crippen LogP contribution in [0, 0.1) is 5.92 Å². The molecule has 1 aliphatic carbocycles. The zero-order chi connectivity index (χ0) is 18.7. The van der Waals surface area contributed by atoms with Crippen molar-refractivity contribution >= 4 is 27.3 Å². The summed E-state index contributed by atoms with van der Waals surface area (Å²) in [5.41, 5.74) is 1.49. The molecule has 0 radical (unpaired) electrons. The van der Waals surface area contributed by atoms with E-state index in [9.17, 15) is 13.2 Å². The van der Waals surface area contributed by atoms with Crippen LogP contribution in [0.3, 0.4) is 0 Å². The van der Waals surface area contributed by atoms with Gasteiger partial charge in [-0.25, -0.2) is 8.42 Å². The molecular weight excluding hydrogens is 350 g/mol. The molecule has 2 fully saturated rings. The summed E-state index contributed by atoms with van der Waals surface area (Å²) in [6, 6.07) is 7.18. The second kappa shape index (κ2) is 7.86. The summed E-state index contributed by atoms with van der Waals surface area (Å²) in [6.07, 6.45) is 5.12. The predicted molar refractivity (Wildman–Crippen MR) is 105 cm³/mol. The average Bonchev–Trinajstić information content (AvgIpc) is 2.97. The van der Waals surface area contributed by atoms with Crippen molar-refractivity contribution in [2.45, 2.75) is 58.0 Å². The van der Waals surface area contributed by atoms with Gasteiger partial charge < -0.3 is 10.6 Å². The van der Waals surface area contributed by atoms with Crippen LogP contribution in [-0.4, -0.2) is 38.7 Å². The van der Waals surface area contributed by atoms with Gasteiger partial charge in [-0.3, -0.25) is 9.10 Å². The largest absolute Gasteiger partial charge is 0.374 e. The minimum Gasteiger partial charge on any atom is -0.374 e. The molecule has 1 heterocycles. The number of nitrogens with zero attached hydrogens (tertiary/aromatic N) is 1. The lowest BCUT2D eigenvalue weighted by molar-refractivity contribution is -0.122. The third-order valence-corrected chi connectivity index (χ3v) is 7.26. The van der Waals surface area contributed by atoms with Crippen molar-refractivity contribution in [3.63, 3.8) is 0 Å². The zero-order valence-corrected chi connectivity index (χ0v) is 16.4. The number of hydrogen-bond donors (Lipinski definition) is 2. The van der Waals surface area contributed by atoms with E-state index in [1.54, 1.807) is 12.1 Å². The van der Waals surface area contributed by atoms with E-state index >= 15 is 0 Å². The van der Waals surface area contributed by atoms with Gasteiger partial charge in [0.2, 0.25) is 15.9 Å². The van der Waals surface area contributed by atoms with E-state index < -0.39 is 10.0 Å². The molecule has 7 heteroatoms. The molecule has 0 unspecified atom stereocenters. The molecule has 1 aromatic carbocycles. The van der Waals surface area contributed by atoms with Crippen LogP contribution in [0.15, 0.2) is 24.3 Å². The number of anilines is 2. The standard InChI is InChI=1S/C19H29N3O3S/c1-14-4-6-17(7-5-14)21-19(23)15(2)20-16-8-10-18(11-9-16)22-12-3-13-26(22,24)25/h8-11,14-15,17,20H,3-7,12-13H2,1-2H3,(H,21,23)/t14?,15-,17?/m0/s1. The molecule has 1 aromatic rings. The number of sulfonamides is 1. The van der Waals surface area contributed by atoms with Gasteiger partial charge in [-0.2, -0.15) is 0 Å². The summed E-state index contributed by atoms with van der Waals surface area (Å²) in [4.78, 5) is 12.4. The lowest BCUT2D eigenvalue weighted by atomic mass is 9.87. The van der Waals surface area contributed by atoms with Gasteiger partial charge in [0.1, 0.15) is 6.04 Å². The highest BCUT2D eigenvalue weighted by Crippen LogP contribution is 2.26. The van der Waals surface area contributed by atoms with E-state index in [2.05, 4.69) is 17.6 Å². The Kier molecular flexibility index (Phi) is 5.75. The second-order valence-electron chi connectivity index (χ2n) is 7.62. The molecular formula is C19H29N3O3S. The highest BCUT2D eigenvalue weighted by atomic mass is 32.2. The Morgan fingerprint density at radius 3 is 2.38 bits per heavy atom. The van der Waals surface area contributed by atoms with E-state index in [1.165, 1.54) is 17.1 Å². The van der Waals surface area contributed by atoms with Gasteiger partial charge in [0, 0.05) is 18.3 Å². The third kappa shape index (κ3) is 4.50. The van der Waals surface area contributed by atoms with Gasteiger partial charge in [0.15, 0.2) is 0 Å². The van der Waals surface area contributed by atoms with Crippen molar-refractivity contribution < 1.29 is 13.2 Å². The lowest BCUT2D eigenvalue weighted by Gasteiger charge is -2.28. The van der Waals surface area contributed by atoms with Crippen molar-refractivity contribution in [3.05, 3.63) is 24.3 Å². The Hall–Kier alpha value is -1.76. The summed E-state index contributed by atoms with van der Waals surface area (Å²) in [5.74, 6) is 0.983. The van der Waals surface area contributed by atoms with Gasteiger partial charge in [0.25, 0.3) is 0 Å². The average molecular weight is 380 g/mol. The van der Waals surface area contributed by atoms with Gasteiger partial charge in [-0.1, -0.05) is 6.92 Å². The predicted octanol–water partition coefficient (Wildman–Crippen LogP) is 2.72. The Bertz CT molecular complexity index is 725. The maximum Gasteiger partial charge on any atom is 0.242 e. The van der Waals surface area contributed by atoms with Crippen LogP contribution >= 0.6 is 0 Å². The Labute approximate surface area is 156 Å². The molecule has 0 bridgehead atoms. The molecule has 1 saturated carbocycles. The quantitative estimate of drug-likeness (QED) is 0.824. The minimum atomic E-state index is -3.16. The SMILES string of the molecule is CC1CCC(NC(=O)[C@H](C)Nc2ccc(N3CCCS3(=O)=O)cc2)CC1. The fraction of sp³-hybridized carbons (Fsp3) is 0.632. The van der Waals surface area contributed by atoms with Gasteiger partial charge in [0.05, 0.1) is 11.4 Å². The molecule has 3 rings (SSSR count). The molecule has 1 saturated heterocycles. The molecule has 2 aliphatic rings. The molecule has 1 atom stereocenters. The number of benzene rings is 1. The Morgan fingerprint density at radius 1 is 1.15 bits per heavy atom. The smallest absolute Gasteiger partial charge is 0.242 e. The maximum atomic E-state index is 12.4. The van der Waals surface area contributed by atoms with Crippen LogP contribution in [0.1, 0.15) is 46.0 Å². The first-order valence-electron chi connectivity index (χ1n) is 9.52. The molecule has 1 amide bonds. The zero-order valence-electron chi connectivity index (χ0n) is 15.6. The normalized spacial score (nSPS) is 26.3. The van der Waals surface area contributed by atoms with Crippen molar-refractivity contribution in [1.29, 1.82) is 0 Å². The first-order valence-corrected chi connectivity index (χ1v) is 11.1. The summed E-state index contributed by atoms with van der Waals surface area (Å²) in [6.45, 7) is 4.65. The molecule has 26 heavy (non-hydrogen) atoms. The highest BCUT2D eigenvalue weighted by Gasteiger charge is 2.28. The molecule has 1 aliphatic heterocycles. The van der Waals surface area contributed by atoms with Crippen molar-refractivity contribution in [2.24, 2.45) is 5.92 Å². The summed E-state index contributed by atoms with van der Waals surface area (Å²) < 4.78 is 25.4. The van der Waals surface area contributed by atoms with Crippen LogP contribution in [0.2, 0.25) is 0 Å². The van der Waals surface area contributed by atoms with E-state index in [1.807, 2.05) is 19.1 Å². The van der Waals surface area contributed by atoms with E-state index in [0.29, 0.717) is 18.7 Å². The van der Waals surface area contributed by atoms with Crippen molar-refractivity contribution in [2.75, 3.05) is 21.9 Å². The summed E-state index contributed by atoms with van der Waals surface area (Å²) >= 11 is 0. The number of rotatable bonds is 5. The number of carbonyl (C=O) groups is 1. The van der Waals surface area contributed by atoms with Crippen LogP contribution in [-0.2, 0) is 14.8 Å². The summed E-state index contributed by atoms with van der Waals surface area (Å²) in [5, 5.41) is 6.34. The number of nitrogens with one attached hydrogen (secondary N) is 2. The summed E-state index contributed by atoms with van der Waals surface area (Å²) in [7, 11) is -3.16. The Morgan fingerprint density at radius 2 is 1.81 bits per heavy atom. The van der Waals surface area contributed by atoms with E-state index in [0.717, 1.165) is 24.4 Å². The first kappa shape index (κ1) is 19.0. The highest BCUT2D eigenvalue weighted by molar-refractivity contribution is 7.93. The maximum absolute atomic E-state index is 12.4. The van der Waals surface area contributed by atoms with Crippen LogP contribution < -0.4 is 14.9 Å². The molecule has 6 nitrogen and oxygen atoms in total. The monoisotopic (exact) mass is 379 g/mol. The van der Waals surface area contributed by atoms with Crippen LogP contribution in [0.4, 0.5) is 11.4 Å². The Balaban J connectivity index is 1.54. The van der Waals surface area contributed by atoms with Gasteiger partial charge in [-0.15, -0.1) is 0 Å². The van der Waals surface area contributed by atoms with E-state index in [-0.39, 0.29) is 23.7 Å². The number of carbonyl (C=O) groups excluding carboxylic acids is 1. The number of hydrogen-bond acceptors (Lipinski definition) is 4. The lowest BCUT2D eigenvalue weighted by Crippen LogP contribution is -2.44. The first-order chi connectivity index (χ1) is 12.3. The molecule has 2 N–H and O–H groups in total. The van der Waals surface area contributed by atoms with E-state index in [4.69, 9.17) is 0 Å². The fourth-order valence-electron chi connectivity index (χ4n) is 3.70. The van der Waals surface area contributed by atoms with Crippen LogP contribution in [0.5, 0.6) is 0 Å². The minimum absolute atomic E-state index is 0.00995. The topological polar surface area (TPSA) is 78.5 Å². The fourth-order valence-corrected chi connectivity index (χ4v) is 5.26. The molecule has 0 aromatic heterocycles. The van der Waals surface area contributed by atoms with Gasteiger partial charge in [-0.05, 0) is 69.2 Å². The second-order valence-corrected chi connectivity index (χ2v) is 9.63. The van der Waals surface area contributed by atoms with Gasteiger partial charge >= 0.3 is 0 Å². The van der Waals surface area contributed by atoms with Crippen LogP contribution in [0.25, 0.3) is 0 Å². The molecule has 144 valence electrons. The number of amides is 1. The third-order valence-electron chi connectivity index (χ3n) is 5.39. The van der Waals surface area contributed by atoms with Crippen molar-refractivity contribution in [1.82, 2.24) is 5.32 Å². The molecule has 0 spiro atoms. The van der Waals surface area contributed by atoms with Crippen molar-refractivity contribution in [3.8, 4) is 0 Å².